The zero-order chi connectivity index (χ0) is 22.0. The minimum atomic E-state index is -0.427. The molecule has 2 heterocycles. The zero-order valence-electron chi connectivity index (χ0n) is 17.6. The van der Waals surface area contributed by atoms with Crippen molar-refractivity contribution < 1.29 is 9.59 Å². The number of hydrogen-bond acceptors (Lipinski definition) is 4. The van der Waals surface area contributed by atoms with Crippen LogP contribution in [0.1, 0.15) is 29.9 Å². The van der Waals surface area contributed by atoms with Crippen molar-refractivity contribution >= 4 is 23.2 Å². The van der Waals surface area contributed by atoms with Gasteiger partial charge >= 0.3 is 0 Å². The predicted octanol–water partition coefficient (Wildman–Crippen LogP) is 2.89. The van der Waals surface area contributed by atoms with Gasteiger partial charge in [0.1, 0.15) is 12.2 Å². The highest BCUT2D eigenvalue weighted by Crippen LogP contribution is 2.32. The lowest BCUT2D eigenvalue weighted by Gasteiger charge is -2.23. The van der Waals surface area contributed by atoms with Crippen LogP contribution in [-0.2, 0) is 17.8 Å². The lowest BCUT2D eigenvalue weighted by molar-refractivity contribution is -0.119. The monoisotopic (exact) mass is 416 g/mol. The van der Waals surface area contributed by atoms with Crippen LogP contribution in [0.4, 0.5) is 11.4 Å². The van der Waals surface area contributed by atoms with Crippen molar-refractivity contribution in [2.24, 2.45) is 0 Å². The molecular weight excluding hydrogens is 392 g/mol. The van der Waals surface area contributed by atoms with Gasteiger partial charge in [0.25, 0.3) is 11.5 Å². The van der Waals surface area contributed by atoms with Crippen molar-refractivity contribution in [3.63, 3.8) is 0 Å². The van der Waals surface area contributed by atoms with E-state index < -0.39 is 5.56 Å². The van der Waals surface area contributed by atoms with Crippen LogP contribution in [-0.4, -0.2) is 34.2 Å². The fourth-order valence-corrected chi connectivity index (χ4v) is 4.00. The molecule has 0 aliphatic carbocycles. The van der Waals surface area contributed by atoms with Gasteiger partial charge < -0.3 is 9.80 Å². The summed E-state index contributed by atoms with van der Waals surface area (Å²) in [6, 6.07) is 19.7. The summed E-state index contributed by atoms with van der Waals surface area (Å²) in [6.45, 7) is 4.07. The Morgan fingerprint density at radius 3 is 2.48 bits per heavy atom. The van der Waals surface area contributed by atoms with Crippen molar-refractivity contribution in [1.82, 2.24) is 9.78 Å². The van der Waals surface area contributed by atoms with Gasteiger partial charge in [-0.1, -0.05) is 36.4 Å². The quantitative estimate of drug-likeness (QED) is 0.641. The standard InChI is InChI=1S/C24H24N4O3/c1-3-26(19-10-5-4-6-11-19)23(30)16-27-22(29)14-13-20(25-27)24(31)28-17(2)15-18-9-7-8-12-21(18)28/h4-14,17H,3,15-16H2,1-2H3/t17-/m0/s1. The Balaban J connectivity index is 1.60. The second-order valence-corrected chi connectivity index (χ2v) is 7.55. The third-order valence-electron chi connectivity index (χ3n) is 5.48. The first-order valence-corrected chi connectivity index (χ1v) is 10.3. The summed E-state index contributed by atoms with van der Waals surface area (Å²) >= 11 is 0. The molecule has 0 unspecified atom stereocenters. The number of para-hydroxylation sites is 2. The van der Waals surface area contributed by atoms with Crippen LogP contribution in [0.25, 0.3) is 0 Å². The third kappa shape index (κ3) is 3.99. The Hall–Kier alpha value is -3.74. The van der Waals surface area contributed by atoms with Gasteiger partial charge in [0.15, 0.2) is 0 Å². The first-order valence-electron chi connectivity index (χ1n) is 10.3. The van der Waals surface area contributed by atoms with E-state index in [9.17, 15) is 14.4 Å². The lowest BCUT2D eigenvalue weighted by atomic mass is 10.1. The van der Waals surface area contributed by atoms with Gasteiger partial charge in [-0.05, 0) is 50.1 Å². The predicted molar refractivity (Wildman–Crippen MR) is 119 cm³/mol. The zero-order valence-corrected chi connectivity index (χ0v) is 17.6. The largest absolute Gasteiger partial charge is 0.311 e. The van der Waals surface area contributed by atoms with E-state index >= 15 is 0 Å². The Morgan fingerprint density at radius 2 is 1.74 bits per heavy atom. The smallest absolute Gasteiger partial charge is 0.278 e. The number of hydrogen-bond donors (Lipinski definition) is 0. The molecule has 0 radical (unpaired) electrons. The molecule has 0 saturated heterocycles. The van der Waals surface area contributed by atoms with Gasteiger partial charge in [0, 0.05) is 30.0 Å². The Kier molecular flexibility index (Phi) is 5.66. The number of nitrogens with zero attached hydrogens (tertiary/aromatic N) is 4. The van der Waals surface area contributed by atoms with E-state index in [-0.39, 0.29) is 30.1 Å². The minimum Gasteiger partial charge on any atom is -0.311 e. The first kappa shape index (κ1) is 20.5. The topological polar surface area (TPSA) is 75.5 Å². The van der Waals surface area contributed by atoms with Gasteiger partial charge in [0.2, 0.25) is 5.91 Å². The average molecular weight is 416 g/mol. The Labute approximate surface area is 180 Å². The van der Waals surface area contributed by atoms with Crippen LogP contribution in [0.5, 0.6) is 0 Å². The number of carbonyl (C=O) groups is 2. The normalized spacial score (nSPS) is 14.9. The van der Waals surface area contributed by atoms with Crippen molar-refractivity contribution in [1.29, 1.82) is 0 Å². The number of anilines is 2. The number of carbonyl (C=O) groups excluding carboxylic acids is 2. The molecule has 0 bridgehead atoms. The van der Waals surface area contributed by atoms with Crippen LogP contribution in [0.3, 0.4) is 0 Å². The van der Waals surface area contributed by atoms with Gasteiger partial charge in [0.05, 0.1) is 0 Å². The molecular formula is C24H24N4O3. The molecule has 1 aromatic heterocycles. The van der Waals surface area contributed by atoms with E-state index in [1.54, 1.807) is 9.80 Å². The van der Waals surface area contributed by atoms with E-state index in [2.05, 4.69) is 5.10 Å². The molecule has 158 valence electrons. The number of rotatable bonds is 5. The third-order valence-corrected chi connectivity index (χ3v) is 5.48. The lowest BCUT2D eigenvalue weighted by Crippen LogP contribution is -2.40. The van der Waals surface area contributed by atoms with Crippen molar-refractivity contribution in [2.45, 2.75) is 32.9 Å². The molecule has 7 heteroatoms. The molecule has 7 nitrogen and oxygen atoms in total. The van der Waals surface area contributed by atoms with Crippen LogP contribution in [0.2, 0.25) is 0 Å². The summed E-state index contributed by atoms with van der Waals surface area (Å²) < 4.78 is 1.06. The number of fused-ring (bicyclic) bond motifs is 1. The summed E-state index contributed by atoms with van der Waals surface area (Å²) in [5.74, 6) is -0.554. The van der Waals surface area contributed by atoms with Crippen molar-refractivity contribution in [3.8, 4) is 0 Å². The summed E-state index contributed by atoms with van der Waals surface area (Å²) in [7, 11) is 0. The molecule has 0 fully saturated rings. The molecule has 31 heavy (non-hydrogen) atoms. The molecule has 2 amide bonds. The summed E-state index contributed by atoms with van der Waals surface area (Å²) in [5, 5.41) is 4.24. The summed E-state index contributed by atoms with van der Waals surface area (Å²) in [6.07, 6.45) is 0.766. The molecule has 4 rings (SSSR count). The first-order chi connectivity index (χ1) is 15.0. The molecule has 0 spiro atoms. The molecule has 3 aromatic rings. The molecule has 1 atom stereocenters. The number of benzene rings is 2. The fourth-order valence-electron chi connectivity index (χ4n) is 4.00. The minimum absolute atomic E-state index is 0.0117. The Bertz CT molecular complexity index is 1170. The van der Waals surface area contributed by atoms with Gasteiger partial charge in [-0.3, -0.25) is 14.4 Å². The maximum atomic E-state index is 13.2. The highest BCUT2D eigenvalue weighted by Gasteiger charge is 2.32. The molecule has 0 N–H and O–H groups in total. The van der Waals surface area contributed by atoms with Crippen LogP contribution >= 0.6 is 0 Å². The molecule has 0 saturated carbocycles. The van der Waals surface area contributed by atoms with Crippen LogP contribution < -0.4 is 15.4 Å². The van der Waals surface area contributed by atoms with E-state index in [4.69, 9.17) is 0 Å². The highest BCUT2D eigenvalue weighted by molar-refractivity contribution is 6.06. The van der Waals surface area contributed by atoms with E-state index in [0.29, 0.717) is 6.54 Å². The second-order valence-electron chi connectivity index (χ2n) is 7.55. The van der Waals surface area contributed by atoms with E-state index in [0.717, 1.165) is 28.0 Å². The molecule has 1 aliphatic rings. The number of amides is 2. The van der Waals surface area contributed by atoms with E-state index in [1.165, 1.54) is 12.1 Å². The van der Waals surface area contributed by atoms with Crippen molar-refractivity contribution in [3.05, 3.63) is 88.3 Å². The SMILES string of the molecule is CCN(C(=O)Cn1nc(C(=O)N2c3ccccc3C[C@@H]2C)ccc1=O)c1ccccc1. The Morgan fingerprint density at radius 1 is 1.03 bits per heavy atom. The van der Waals surface area contributed by atoms with Crippen LogP contribution in [0, 0.1) is 0 Å². The summed E-state index contributed by atoms with van der Waals surface area (Å²) in [4.78, 5) is 41.8. The highest BCUT2D eigenvalue weighted by atomic mass is 16.2. The van der Waals surface area contributed by atoms with Crippen LogP contribution in [0.15, 0.2) is 71.5 Å². The number of aromatic nitrogens is 2. The average Bonchev–Trinajstić information content (AvgIpc) is 3.11. The maximum Gasteiger partial charge on any atom is 0.278 e. The molecule has 1 aliphatic heterocycles. The van der Waals surface area contributed by atoms with Gasteiger partial charge in [-0.2, -0.15) is 5.10 Å². The second kappa shape index (κ2) is 8.55. The van der Waals surface area contributed by atoms with Crippen molar-refractivity contribution in [2.75, 3.05) is 16.3 Å². The van der Waals surface area contributed by atoms with Gasteiger partial charge in [-0.15, -0.1) is 0 Å². The molecule has 2 aromatic carbocycles. The van der Waals surface area contributed by atoms with E-state index in [1.807, 2.05) is 68.4 Å². The number of likely N-dealkylation sites (N-methyl/N-ethyl adjacent to an activating group) is 1. The summed E-state index contributed by atoms with van der Waals surface area (Å²) in [5.41, 5.74) is 2.42. The van der Waals surface area contributed by atoms with Gasteiger partial charge in [-0.25, -0.2) is 4.68 Å². The fraction of sp³-hybridized carbons (Fsp3) is 0.250. The maximum absolute atomic E-state index is 13.2.